The van der Waals surface area contributed by atoms with Gasteiger partial charge in [0.25, 0.3) is 0 Å². The highest BCUT2D eigenvalue weighted by molar-refractivity contribution is 5.68. The van der Waals surface area contributed by atoms with Crippen LogP contribution in [0.5, 0.6) is 0 Å². The number of amides is 1. The van der Waals surface area contributed by atoms with Crippen LogP contribution >= 0.6 is 0 Å². The molecule has 0 N–H and O–H groups in total. The maximum Gasteiger partial charge on any atom is 0.410 e. The van der Waals surface area contributed by atoms with E-state index in [-0.39, 0.29) is 6.09 Å². The monoisotopic (exact) mass is 376 g/mol. The van der Waals surface area contributed by atoms with Crippen molar-refractivity contribution in [2.75, 3.05) is 19.6 Å². The molecule has 3 unspecified atom stereocenters. The highest BCUT2D eigenvalue weighted by Crippen LogP contribution is 2.42. The standard InChI is InChI=1S/C24H28N2O2/c27-24(28-17-18-7-2-1-3-8-18)26-13-6-10-20-16-25-14-12-19-9-4-5-11-21(19)23(25)15-22(20)26/h1-5,7-9,11,20,22-23H,6,10,12-17H2. The van der Waals surface area contributed by atoms with E-state index < -0.39 is 0 Å². The first-order valence-corrected chi connectivity index (χ1v) is 10.6. The number of likely N-dealkylation sites (tertiary alicyclic amines) is 1. The summed E-state index contributed by atoms with van der Waals surface area (Å²) in [5.41, 5.74) is 3.99. The van der Waals surface area contributed by atoms with Crippen molar-refractivity contribution < 1.29 is 9.53 Å². The van der Waals surface area contributed by atoms with Crippen molar-refractivity contribution in [2.45, 2.75) is 44.4 Å². The van der Waals surface area contributed by atoms with Crippen LogP contribution in [0.25, 0.3) is 0 Å². The topological polar surface area (TPSA) is 32.8 Å². The fourth-order valence-corrected chi connectivity index (χ4v) is 5.43. The predicted molar refractivity (Wildman–Crippen MR) is 109 cm³/mol. The Hall–Kier alpha value is -2.33. The summed E-state index contributed by atoms with van der Waals surface area (Å²) in [6.07, 6.45) is 4.33. The normalized spacial score (nSPS) is 26.7. The van der Waals surface area contributed by atoms with Gasteiger partial charge in [0, 0.05) is 31.7 Å². The number of benzene rings is 2. The molecule has 3 heterocycles. The number of nitrogens with zero attached hydrogens (tertiary/aromatic N) is 2. The Kier molecular flexibility index (Phi) is 4.81. The number of rotatable bonds is 2. The molecule has 0 aromatic heterocycles. The van der Waals surface area contributed by atoms with Gasteiger partial charge in [-0.05, 0) is 48.3 Å². The van der Waals surface area contributed by atoms with Crippen LogP contribution in [0.1, 0.15) is 42.0 Å². The van der Waals surface area contributed by atoms with Gasteiger partial charge in [0.1, 0.15) is 6.61 Å². The van der Waals surface area contributed by atoms with Crippen molar-refractivity contribution in [2.24, 2.45) is 5.92 Å². The van der Waals surface area contributed by atoms with Crippen LogP contribution in [-0.2, 0) is 17.8 Å². The van der Waals surface area contributed by atoms with Crippen LogP contribution in [0.4, 0.5) is 4.79 Å². The summed E-state index contributed by atoms with van der Waals surface area (Å²) < 4.78 is 5.70. The van der Waals surface area contributed by atoms with Crippen LogP contribution in [0.2, 0.25) is 0 Å². The zero-order valence-corrected chi connectivity index (χ0v) is 16.3. The van der Waals surface area contributed by atoms with E-state index in [0.29, 0.717) is 24.6 Å². The van der Waals surface area contributed by atoms with Gasteiger partial charge in [-0.3, -0.25) is 4.90 Å². The number of hydrogen-bond acceptors (Lipinski definition) is 3. The van der Waals surface area contributed by atoms with E-state index in [0.717, 1.165) is 44.5 Å². The highest BCUT2D eigenvalue weighted by Gasteiger charge is 2.44. The predicted octanol–water partition coefficient (Wildman–Crippen LogP) is 4.41. The average molecular weight is 377 g/mol. The lowest BCUT2D eigenvalue weighted by Gasteiger charge is -2.51. The molecule has 0 bridgehead atoms. The van der Waals surface area contributed by atoms with Crippen LogP contribution in [0, 0.1) is 5.92 Å². The third-order valence-electron chi connectivity index (χ3n) is 6.82. The van der Waals surface area contributed by atoms with Gasteiger partial charge in [0.15, 0.2) is 0 Å². The average Bonchev–Trinajstić information content (AvgIpc) is 2.76. The van der Waals surface area contributed by atoms with Crippen molar-refractivity contribution in [3.63, 3.8) is 0 Å². The van der Waals surface area contributed by atoms with Gasteiger partial charge in [-0.25, -0.2) is 4.79 Å². The number of carbonyl (C=O) groups excluding carboxylic acids is 1. The Morgan fingerprint density at radius 1 is 1.04 bits per heavy atom. The molecule has 28 heavy (non-hydrogen) atoms. The molecule has 0 radical (unpaired) electrons. The Morgan fingerprint density at radius 3 is 2.75 bits per heavy atom. The van der Waals surface area contributed by atoms with Gasteiger partial charge in [-0.15, -0.1) is 0 Å². The van der Waals surface area contributed by atoms with Crippen molar-refractivity contribution in [3.8, 4) is 0 Å². The Bertz CT molecular complexity index is 838. The van der Waals surface area contributed by atoms with Gasteiger partial charge in [-0.1, -0.05) is 54.6 Å². The summed E-state index contributed by atoms with van der Waals surface area (Å²) in [5.74, 6) is 0.569. The third kappa shape index (κ3) is 3.30. The second kappa shape index (κ2) is 7.59. The molecule has 3 aliphatic heterocycles. The molecule has 3 aliphatic rings. The molecule has 0 aliphatic carbocycles. The van der Waals surface area contributed by atoms with E-state index >= 15 is 0 Å². The zero-order valence-electron chi connectivity index (χ0n) is 16.3. The van der Waals surface area contributed by atoms with Crippen molar-refractivity contribution >= 4 is 6.09 Å². The number of fused-ring (bicyclic) bond motifs is 4. The molecule has 0 saturated carbocycles. The molecule has 1 amide bonds. The number of carbonyl (C=O) groups is 1. The molecule has 3 atom stereocenters. The molecule has 146 valence electrons. The SMILES string of the molecule is O=C(OCc1ccccc1)N1CCCC2CN3CCc4ccccc4C3CC21. The first-order valence-electron chi connectivity index (χ1n) is 10.6. The largest absolute Gasteiger partial charge is 0.445 e. The van der Waals surface area contributed by atoms with E-state index in [4.69, 9.17) is 4.74 Å². The summed E-state index contributed by atoms with van der Waals surface area (Å²) in [7, 11) is 0. The molecule has 0 spiro atoms. The minimum absolute atomic E-state index is 0.143. The first kappa shape index (κ1) is 17.7. The Balaban J connectivity index is 1.32. The van der Waals surface area contributed by atoms with E-state index in [1.807, 2.05) is 35.2 Å². The van der Waals surface area contributed by atoms with Crippen molar-refractivity contribution in [1.82, 2.24) is 9.80 Å². The molecule has 4 heteroatoms. The first-order chi connectivity index (χ1) is 13.8. The lowest BCUT2D eigenvalue weighted by Crippen LogP contribution is -2.57. The molecule has 4 nitrogen and oxygen atoms in total. The summed E-state index contributed by atoms with van der Waals surface area (Å²) in [6, 6.07) is 19.5. The smallest absolute Gasteiger partial charge is 0.410 e. The van der Waals surface area contributed by atoms with E-state index in [1.165, 1.54) is 17.5 Å². The fraction of sp³-hybridized carbons (Fsp3) is 0.458. The molecular weight excluding hydrogens is 348 g/mol. The van der Waals surface area contributed by atoms with Crippen LogP contribution in [0.15, 0.2) is 54.6 Å². The van der Waals surface area contributed by atoms with Crippen molar-refractivity contribution in [3.05, 3.63) is 71.3 Å². The van der Waals surface area contributed by atoms with Crippen LogP contribution < -0.4 is 0 Å². The van der Waals surface area contributed by atoms with Gasteiger partial charge in [0.2, 0.25) is 0 Å². The minimum Gasteiger partial charge on any atom is -0.445 e. The van der Waals surface area contributed by atoms with Gasteiger partial charge >= 0.3 is 6.09 Å². The van der Waals surface area contributed by atoms with Gasteiger partial charge in [0.05, 0.1) is 0 Å². The van der Waals surface area contributed by atoms with E-state index in [1.54, 1.807) is 0 Å². The molecule has 5 rings (SSSR count). The summed E-state index contributed by atoms with van der Waals surface area (Å²) in [4.78, 5) is 17.6. The molecular formula is C24H28N2O2. The lowest BCUT2D eigenvalue weighted by molar-refractivity contribution is -0.0138. The summed E-state index contributed by atoms with van der Waals surface area (Å²) >= 11 is 0. The van der Waals surface area contributed by atoms with Crippen molar-refractivity contribution in [1.29, 1.82) is 0 Å². The molecule has 2 aromatic rings. The summed E-state index contributed by atoms with van der Waals surface area (Å²) in [6.45, 7) is 3.42. The Labute approximate surface area is 167 Å². The second-order valence-corrected chi connectivity index (χ2v) is 8.40. The fourth-order valence-electron chi connectivity index (χ4n) is 5.43. The van der Waals surface area contributed by atoms with Crippen LogP contribution in [0.3, 0.4) is 0 Å². The lowest BCUT2D eigenvalue weighted by atomic mass is 9.77. The summed E-state index contributed by atoms with van der Waals surface area (Å²) in [5, 5.41) is 0. The van der Waals surface area contributed by atoms with E-state index in [2.05, 4.69) is 29.2 Å². The van der Waals surface area contributed by atoms with E-state index in [9.17, 15) is 4.79 Å². The Morgan fingerprint density at radius 2 is 1.86 bits per heavy atom. The third-order valence-corrected chi connectivity index (χ3v) is 6.82. The number of ether oxygens (including phenoxy) is 1. The van der Waals surface area contributed by atoms with Gasteiger partial charge in [-0.2, -0.15) is 0 Å². The number of piperidine rings is 2. The maximum atomic E-state index is 12.9. The number of hydrogen-bond donors (Lipinski definition) is 0. The highest BCUT2D eigenvalue weighted by atomic mass is 16.6. The molecule has 2 fully saturated rings. The molecule has 2 saturated heterocycles. The quantitative estimate of drug-likeness (QED) is 0.778. The maximum absolute atomic E-state index is 12.9. The minimum atomic E-state index is -0.143. The zero-order chi connectivity index (χ0) is 18.9. The van der Waals surface area contributed by atoms with Crippen LogP contribution in [-0.4, -0.2) is 41.6 Å². The molecule has 2 aromatic carbocycles. The van der Waals surface area contributed by atoms with Gasteiger partial charge < -0.3 is 9.64 Å². The second-order valence-electron chi connectivity index (χ2n) is 8.40.